The van der Waals surface area contributed by atoms with Crippen molar-refractivity contribution in [2.45, 2.75) is 348 Å². The fourth-order valence-electron chi connectivity index (χ4n) is 9.93. The van der Waals surface area contributed by atoms with Crippen molar-refractivity contribution in [2.75, 3.05) is 13.2 Å². The number of carbonyl (C=O) groups excluding carboxylic acids is 3. The molecule has 0 amide bonds. The molecule has 1 unspecified atom stereocenters. The highest BCUT2D eigenvalue weighted by molar-refractivity contribution is 5.71. The Morgan fingerprint density at radius 2 is 0.481 bits per heavy atom. The molecule has 0 bridgehead atoms. The second-order valence-electron chi connectivity index (χ2n) is 23.1. The molecule has 6 nitrogen and oxygen atoms in total. The number of ether oxygens (including phenoxy) is 3. The quantitative estimate of drug-likeness (QED) is 0.0261. The predicted octanol–water partition coefficient (Wildman–Crippen LogP) is 24.0. The summed E-state index contributed by atoms with van der Waals surface area (Å²) in [6.45, 7) is 6.48. The minimum Gasteiger partial charge on any atom is -0.462 e. The third-order valence-corrected chi connectivity index (χ3v) is 15.1. The summed E-state index contributed by atoms with van der Waals surface area (Å²) >= 11 is 0. The molecule has 0 rings (SSSR count). The molecule has 0 aliphatic rings. The second-order valence-corrected chi connectivity index (χ2v) is 23.1. The van der Waals surface area contributed by atoms with Crippen molar-refractivity contribution in [1.29, 1.82) is 0 Å². The Bertz CT molecular complexity index is 1580. The normalized spacial score (nSPS) is 12.7. The fourth-order valence-corrected chi connectivity index (χ4v) is 9.93. The maximum absolute atomic E-state index is 12.8. The van der Waals surface area contributed by atoms with E-state index in [1.807, 2.05) is 0 Å². The summed E-state index contributed by atoms with van der Waals surface area (Å²) in [5.74, 6) is -0.878. The van der Waals surface area contributed by atoms with Crippen molar-refractivity contribution in [3.63, 3.8) is 0 Å². The molecule has 0 aromatic rings. The predicted molar refractivity (Wildman–Crippen MR) is 353 cm³/mol. The molecule has 0 radical (unpaired) electrons. The first-order valence-electron chi connectivity index (χ1n) is 34.7. The standard InChI is InChI=1S/C75H130O6/c1-4-7-10-13-15-17-19-21-23-25-27-29-31-32-33-34-35-36-37-38-39-40-41-42-44-45-47-49-51-53-55-57-59-62-65-68-74(77)80-71-72(70-79-73(76)67-64-61-12-9-6-3)81-75(78)69-66-63-60-58-56-54-52-50-48-46-43-30-28-26-24-22-20-18-16-14-11-8-5-2/h7,10,15,17,21,23,27,29,32-33,35-36,38-39,41-42,72H,4-6,8-9,11-14,16,18-20,22,24-26,28,30-31,34,37,40,43-71H2,1-3H3/b10-7-,17-15-,23-21-,29-27-,33-32-,36-35-,39-38-,42-41-. The lowest BCUT2D eigenvalue weighted by Crippen LogP contribution is -2.30. The van der Waals surface area contributed by atoms with Crippen molar-refractivity contribution in [2.24, 2.45) is 0 Å². The third kappa shape index (κ3) is 67.0. The number of unbranched alkanes of at least 4 members (excludes halogenated alkanes) is 36. The van der Waals surface area contributed by atoms with Gasteiger partial charge in [-0.3, -0.25) is 14.4 Å². The smallest absolute Gasteiger partial charge is 0.306 e. The van der Waals surface area contributed by atoms with Crippen LogP contribution in [0.15, 0.2) is 97.2 Å². The minimum absolute atomic E-state index is 0.0750. The fraction of sp³-hybridized carbons (Fsp3) is 0.747. The van der Waals surface area contributed by atoms with Crippen LogP contribution in [0.3, 0.4) is 0 Å². The Morgan fingerprint density at radius 1 is 0.259 bits per heavy atom. The summed E-state index contributed by atoms with van der Waals surface area (Å²) in [6.07, 6.45) is 93.4. The Balaban J connectivity index is 4.00. The van der Waals surface area contributed by atoms with Gasteiger partial charge in [0.05, 0.1) is 0 Å². The molecule has 0 saturated heterocycles. The van der Waals surface area contributed by atoms with Crippen LogP contribution >= 0.6 is 0 Å². The van der Waals surface area contributed by atoms with Gasteiger partial charge in [-0.05, 0) is 83.5 Å². The highest BCUT2D eigenvalue weighted by atomic mass is 16.6. The van der Waals surface area contributed by atoms with Gasteiger partial charge in [-0.15, -0.1) is 0 Å². The van der Waals surface area contributed by atoms with Gasteiger partial charge in [0, 0.05) is 19.3 Å². The lowest BCUT2D eigenvalue weighted by molar-refractivity contribution is -0.167. The van der Waals surface area contributed by atoms with Gasteiger partial charge in [-0.25, -0.2) is 0 Å². The summed E-state index contributed by atoms with van der Waals surface area (Å²) < 4.78 is 16.8. The topological polar surface area (TPSA) is 78.9 Å². The molecule has 0 heterocycles. The van der Waals surface area contributed by atoms with Crippen LogP contribution in [0.25, 0.3) is 0 Å². The summed E-state index contributed by atoms with van der Waals surface area (Å²) in [7, 11) is 0. The van der Waals surface area contributed by atoms with E-state index in [1.54, 1.807) is 0 Å². The van der Waals surface area contributed by atoms with Crippen molar-refractivity contribution in [3.8, 4) is 0 Å². The van der Waals surface area contributed by atoms with Crippen molar-refractivity contribution < 1.29 is 28.6 Å². The lowest BCUT2D eigenvalue weighted by Gasteiger charge is -2.18. The first kappa shape index (κ1) is 77.3. The first-order chi connectivity index (χ1) is 40.0. The third-order valence-electron chi connectivity index (χ3n) is 15.1. The van der Waals surface area contributed by atoms with E-state index in [9.17, 15) is 14.4 Å². The van der Waals surface area contributed by atoms with E-state index < -0.39 is 6.10 Å². The largest absolute Gasteiger partial charge is 0.462 e. The van der Waals surface area contributed by atoms with Crippen LogP contribution in [0.5, 0.6) is 0 Å². The van der Waals surface area contributed by atoms with E-state index in [2.05, 4.69) is 118 Å². The van der Waals surface area contributed by atoms with E-state index in [0.717, 1.165) is 116 Å². The van der Waals surface area contributed by atoms with Gasteiger partial charge in [-0.1, -0.05) is 336 Å². The molecule has 0 aromatic carbocycles. The number of allylic oxidation sites excluding steroid dienone is 16. The maximum Gasteiger partial charge on any atom is 0.306 e. The molecule has 0 fully saturated rings. The highest BCUT2D eigenvalue weighted by Crippen LogP contribution is 2.18. The molecule has 0 saturated carbocycles. The highest BCUT2D eigenvalue weighted by Gasteiger charge is 2.19. The number of carbonyl (C=O) groups is 3. The lowest BCUT2D eigenvalue weighted by atomic mass is 10.0. The van der Waals surface area contributed by atoms with Crippen molar-refractivity contribution >= 4 is 17.9 Å². The minimum atomic E-state index is -0.774. The van der Waals surface area contributed by atoms with Gasteiger partial charge < -0.3 is 14.2 Å². The summed E-state index contributed by atoms with van der Waals surface area (Å²) in [5.41, 5.74) is 0. The molecule has 0 aromatic heterocycles. The van der Waals surface area contributed by atoms with Crippen LogP contribution in [0, 0.1) is 0 Å². The molecular formula is C75H130O6. The van der Waals surface area contributed by atoms with Gasteiger partial charge in [0.15, 0.2) is 6.10 Å². The zero-order valence-electron chi connectivity index (χ0n) is 53.5. The number of rotatable bonds is 63. The zero-order chi connectivity index (χ0) is 58.5. The molecule has 81 heavy (non-hydrogen) atoms. The molecule has 0 N–H and O–H groups in total. The van der Waals surface area contributed by atoms with Crippen molar-refractivity contribution in [3.05, 3.63) is 97.2 Å². The van der Waals surface area contributed by atoms with Gasteiger partial charge in [0.2, 0.25) is 0 Å². The number of hydrogen-bond acceptors (Lipinski definition) is 6. The molecule has 1 atom stereocenters. The molecule has 0 spiro atoms. The average molecular weight is 1130 g/mol. The van der Waals surface area contributed by atoms with E-state index >= 15 is 0 Å². The summed E-state index contributed by atoms with van der Waals surface area (Å²) in [5, 5.41) is 0. The van der Waals surface area contributed by atoms with Gasteiger partial charge >= 0.3 is 17.9 Å². The Morgan fingerprint density at radius 3 is 0.753 bits per heavy atom. The van der Waals surface area contributed by atoms with Gasteiger partial charge in [-0.2, -0.15) is 0 Å². The summed E-state index contributed by atoms with van der Waals surface area (Å²) in [6, 6.07) is 0. The van der Waals surface area contributed by atoms with E-state index in [-0.39, 0.29) is 31.1 Å². The second kappa shape index (κ2) is 68.8. The Kier molecular flexibility index (Phi) is 65.7. The Labute approximate surface area is 502 Å². The monoisotopic (exact) mass is 1130 g/mol. The van der Waals surface area contributed by atoms with E-state index in [1.165, 1.54) is 186 Å². The SMILES string of the molecule is CC/C=C\C/C=C\C/C=C\C/C=C\C/C=C\C/C=C\C/C=C\C/C=C\CCCCCCCCCCCCC(=O)OCC(COC(=O)CCCCCCC)OC(=O)CCCCCCCCCCCCCCCCCCCCCCCCC. The van der Waals surface area contributed by atoms with Crippen LogP contribution in [0.1, 0.15) is 342 Å². The van der Waals surface area contributed by atoms with Gasteiger partial charge in [0.25, 0.3) is 0 Å². The number of hydrogen-bond donors (Lipinski definition) is 0. The molecule has 466 valence electrons. The van der Waals surface area contributed by atoms with E-state index in [0.29, 0.717) is 19.3 Å². The van der Waals surface area contributed by atoms with Crippen LogP contribution < -0.4 is 0 Å². The molecular weight excluding hydrogens is 997 g/mol. The first-order valence-corrected chi connectivity index (χ1v) is 34.7. The number of esters is 3. The van der Waals surface area contributed by atoms with Crippen LogP contribution in [0.4, 0.5) is 0 Å². The van der Waals surface area contributed by atoms with E-state index in [4.69, 9.17) is 14.2 Å². The van der Waals surface area contributed by atoms with Crippen LogP contribution in [-0.4, -0.2) is 37.2 Å². The van der Waals surface area contributed by atoms with Crippen LogP contribution in [0.2, 0.25) is 0 Å². The van der Waals surface area contributed by atoms with Crippen LogP contribution in [-0.2, 0) is 28.6 Å². The maximum atomic E-state index is 12.8. The molecule has 0 aliphatic carbocycles. The van der Waals surface area contributed by atoms with Gasteiger partial charge in [0.1, 0.15) is 13.2 Å². The molecule has 6 heteroatoms. The summed E-state index contributed by atoms with van der Waals surface area (Å²) in [4.78, 5) is 38.0. The zero-order valence-corrected chi connectivity index (χ0v) is 53.5. The Hall–Kier alpha value is -3.67. The average Bonchev–Trinajstić information content (AvgIpc) is 3.47. The molecule has 0 aliphatic heterocycles. The van der Waals surface area contributed by atoms with Crippen molar-refractivity contribution in [1.82, 2.24) is 0 Å².